The highest BCUT2D eigenvalue weighted by Gasteiger charge is 2.26. The van der Waals surface area contributed by atoms with Crippen LogP contribution < -0.4 is 10.4 Å². The molecule has 1 atom stereocenters. The van der Waals surface area contributed by atoms with Gasteiger partial charge in [0.05, 0.1) is 0 Å². The maximum atomic E-state index is 14.2. The van der Waals surface area contributed by atoms with Crippen LogP contribution in [0, 0.1) is 5.82 Å². The van der Waals surface area contributed by atoms with E-state index in [0.29, 0.717) is 0 Å². The predicted molar refractivity (Wildman–Crippen MR) is 92.7 cm³/mol. The second kappa shape index (κ2) is 6.71. The second-order valence-electron chi connectivity index (χ2n) is 5.39. The normalized spacial score (nSPS) is 12.3. The van der Waals surface area contributed by atoms with Gasteiger partial charge in [0.25, 0.3) is 0 Å². The van der Waals surface area contributed by atoms with Crippen molar-refractivity contribution >= 4 is 19.2 Å². The standard InChI is InChI=1S/C20H18FSi/c1-16(19-14-8-9-15-20(19)21)22(17-10-4-2-5-11-17)18-12-6-3-7-13-18/h2-16H,1H3/t16-/m1/s1. The maximum Gasteiger partial charge on any atom is 0.128 e. The third-order valence-electron chi connectivity index (χ3n) is 3.97. The van der Waals surface area contributed by atoms with Gasteiger partial charge in [-0.05, 0) is 17.2 Å². The molecule has 0 aliphatic heterocycles. The van der Waals surface area contributed by atoms with Crippen LogP contribution in [0.25, 0.3) is 0 Å². The van der Waals surface area contributed by atoms with Crippen molar-refractivity contribution in [3.05, 3.63) is 96.3 Å². The van der Waals surface area contributed by atoms with Crippen LogP contribution in [-0.4, -0.2) is 8.80 Å². The Kier molecular flexibility index (Phi) is 4.49. The minimum Gasteiger partial charge on any atom is -0.207 e. The quantitative estimate of drug-likeness (QED) is 0.644. The summed E-state index contributed by atoms with van der Waals surface area (Å²) in [7, 11) is -1.09. The molecule has 0 amide bonds. The molecule has 0 fully saturated rings. The number of rotatable bonds is 4. The molecule has 0 aliphatic rings. The van der Waals surface area contributed by atoms with Gasteiger partial charge in [-0.1, -0.05) is 96.2 Å². The van der Waals surface area contributed by atoms with Crippen molar-refractivity contribution in [2.45, 2.75) is 12.5 Å². The van der Waals surface area contributed by atoms with Gasteiger partial charge in [-0.3, -0.25) is 0 Å². The van der Waals surface area contributed by atoms with Gasteiger partial charge in [-0.2, -0.15) is 0 Å². The van der Waals surface area contributed by atoms with E-state index in [9.17, 15) is 4.39 Å². The summed E-state index contributed by atoms with van der Waals surface area (Å²) in [6, 6.07) is 28.1. The number of benzene rings is 3. The highest BCUT2D eigenvalue weighted by Crippen LogP contribution is 2.21. The Bertz CT molecular complexity index is 685. The van der Waals surface area contributed by atoms with Gasteiger partial charge in [0.1, 0.15) is 14.6 Å². The Morgan fingerprint density at radius 3 is 1.64 bits per heavy atom. The Labute approximate surface area is 132 Å². The first kappa shape index (κ1) is 14.7. The zero-order valence-corrected chi connectivity index (χ0v) is 13.5. The fourth-order valence-electron chi connectivity index (χ4n) is 2.88. The summed E-state index contributed by atoms with van der Waals surface area (Å²) in [6.07, 6.45) is 0. The third kappa shape index (κ3) is 3.02. The molecule has 0 aliphatic carbocycles. The van der Waals surface area contributed by atoms with Crippen LogP contribution in [0.3, 0.4) is 0 Å². The molecule has 0 heterocycles. The van der Waals surface area contributed by atoms with E-state index in [1.54, 1.807) is 12.1 Å². The lowest BCUT2D eigenvalue weighted by molar-refractivity contribution is 0.609. The van der Waals surface area contributed by atoms with Gasteiger partial charge >= 0.3 is 0 Å². The van der Waals surface area contributed by atoms with Crippen molar-refractivity contribution in [3.63, 3.8) is 0 Å². The van der Waals surface area contributed by atoms with Gasteiger partial charge in [0.2, 0.25) is 0 Å². The molecular weight excluding hydrogens is 287 g/mol. The summed E-state index contributed by atoms with van der Waals surface area (Å²) in [6.45, 7) is 2.15. The Morgan fingerprint density at radius 1 is 0.682 bits per heavy atom. The van der Waals surface area contributed by atoms with E-state index in [1.165, 1.54) is 10.4 Å². The zero-order chi connectivity index (χ0) is 15.4. The van der Waals surface area contributed by atoms with Crippen LogP contribution >= 0.6 is 0 Å². The van der Waals surface area contributed by atoms with Crippen molar-refractivity contribution in [1.29, 1.82) is 0 Å². The van der Waals surface area contributed by atoms with E-state index >= 15 is 0 Å². The van der Waals surface area contributed by atoms with Crippen molar-refractivity contribution in [2.75, 3.05) is 0 Å². The van der Waals surface area contributed by atoms with Gasteiger partial charge < -0.3 is 0 Å². The summed E-state index contributed by atoms with van der Waals surface area (Å²) in [4.78, 5) is 0. The van der Waals surface area contributed by atoms with E-state index in [4.69, 9.17) is 0 Å². The molecule has 0 unspecified atom stereocenters. The molecule has 3 aromatic rings. The summed E-state index contributed by atoms with van der Waals surface area (Å²) in [5.74, 6) is -0.107. The molecule has 1 radical (unpaired) electrons. The van der Waals surface area contributed by atoms with Crippen molar-refractivity contribution < 1.29 is 4.39 Å². The average molecular weight is 305 g/mol. The molecule has 3 rings (SSSR count). The van der Waals surface area contributed by atoms with Crippen LogP contribution in [0.4, 0.5) is 4.39 Å². The van der Waals surface area contributed by atoms with E-state index in [-0.39, 0.29) is 11.4 Å². The molecule has 0 saturated carbocycles. The highest BCUT2D eigenvalue weighted by molar-refractivity contribution is 6.86. The van der Waals surface area contributed by atoms with Crippen LogP contribution in [0.5, 0.6) is 0 Å². The van der Waals surface area contributed by atoms with Crippen molar-refractivity contribution in [1.82, 2.24) is 0 Å². The third-order valence-corrected chi connectivity index (χ3v) is 7.06. The summed E-state index contributed by atoms with van der Waals surface area (Å²) >= 11 is 0. The SMILES string of the molecule is C[C@H](c1ccccc1F)[Si](c1ccccc1)c1ccccc1. The van der Waals surface area contributed by atoms with Crippen molar-refractivity contribution in [2.24, 2.45) is 0 Å². The Morgan fingerprint density at radius 2 is 1.14 bits per heavy atom. The number of hydrogen-bond donors (Lipinski definition) is 0. The van der Waals surface area contributed by atoms with Gasteiger partial charge in [0, 0.05) is 0 Å². The molecule has 0 bridgehead atoms. The zero-order valence-electron chi connectivity index (χ0n) is 12.5. The minimum atomic E-state index is -1.09. The summed E-state index contributed by atoms with van der Waals surface area (Å²) in [5, 5.41) is 2.63. The maximum absolute atomic E-state index is 14.2. The largest absolute Gasteiger partial charge is 0.207 e. The molecule has 0 nitrogen and oxygen atoms in total. The molecular formula is C20H18FSi. The summed E-state index contributed by atoms with van der Waals surface area (Å²) in [5.41, 5.74) is 0.972. The van der Waals surface area contributed by atoms with E-state index < -0.39 is 8.80 Å². The Hall–Kier alpha value is -2.19. The monoisotopic (exact) mass is 305 g/mol. The Balaban J connectivity index is 2.08. The smallest absolute Gasteiger partial charge is 0.128 e. The molecule has 2 heteroatoms. The molecule has 0 saturated heterocycles. The molecule has 0 aromatic heterocycles. The first-order valence-electron chi connectivity index (χ1n) is 7.49. The first-order valence-corrected chi connectivity index (χ1v) is 9.07. The van der Waals surface area contributed by atoms with Crippen LogP contribution in [0.15, 0.2) is 84.9 Å². The van der Waals surface area contributed by atoms with E-state index in [1.807, 2.05) is 24.3 Å². The fourth-order valence-corrected chi connectivity index (χ4v) is 5.87. The minimum absolute atomic E-state index is 0.107. The van der Waals surface area contributed by atoms with Crippen LogP contribution in [-0.2, 0) is 0 Å². The lowest BCUT2D eigenvalue weighted by atomic mass is 10.1. The van der Waals surface area contributed by atoms with E-state index in [2.05, 4.69) is 55.5 Å². The van der Waals surface area contributed by atoms with Crippen LogP contribution in [0.1, 0.15) is 18.0 Å². The van der Waals surface area contributed by atoms with Gasteiger partial charge in [-0.25, -0.2) is 4.39 Å². The molecule has 0 N–H and O–H groups in total. The molecule has 3 aromatic carbocycles. The topological polar surface area (TPSA) is 0 Å². The highest BCUT2D eigenvalue weighted by atomic mass is 28.3. The molecule has 22 heavy (non-hydrogen) atoms. The van der Waals surface area contributed by atoms with Crippen LogP contribution in [0.2, 0.25) is 0 Å². The van der Waals surface area contributed by atoms with Crippen molar-refractivity contribution in [3.8, 4) is 0 Å². The second-order valence-corrected chi connectivity index (χ2v) is 8.24. The lowest BCUT2D eigenvalue weighted by Crippen LogP contribution is -2.46. The molecule has 0 spiro atoms. The number of hydrogen-bond acceptors (Lipinski definition) is 0. The average Bonchev–Trinajstić information content (AvgIpc) is 2.57. The predicted octanol–water partition coefficient (Wildman–Crippen LogP) is 3.78. The van der Waals surface area contributed by atoms with E-state index in [0.717, 1.165) is 5.56 Å². The lowest BCUT2D eigenvalue weighted by Gasteiger charge is -2.24. The molecule has 109 valence electrons. The summed E-state index contributed by atoms with van der Waals surface area (Å²) < 4.78 is 14.2. The first-order chi connectivity index (χ1) is 10.8. The van der Waals surface area contributed by atoms with Gasteiger partial charge in [-0.15, -0.1) is 0 Å². The van der Waals surface area contributed by atoms with Gasteiger partial charge in [0.15, 0.2) is 0 Å². The number of halogens is 1. The fraction of sp³-hybridized carbons (Fsp3) is 0.100.